The smallest absolute Gasteiger partial charge is 0.0721 e. The Morgan fingerprint density at radius 2 is 1.84 bits per heavy atom. The molecule has 0 spiro atoms. The summed E-state index contributed by atoms with van der Waals surface area (Å²) < 4.78 is 5.54. The van der Waals surface area contributed by atoms with E-state index in [4.69, 9.17) is 4.74 Å². The van der Waals surface area contributed by atoms with E-state index in [-0.39, 0.29) is 0 Å². The third-order valence-electron chi connectivity index (χ3n) is 3.10. The van der Waals surface area contributed by atoms with E-state index in [1.807, 2.05) is 19.1 Å². The van der Waals surface area contributed by atoms with Gasteiger partial charge < -0.3 is 10.1 Å². The fourth-order valence-corrected chi connectivity index (χ4v) is 1.81. The van der Waals surface area contributed by atoms with Crippen molar-refractivity contribution in [1.29, 1.82) is 0 Å². The molecule has 2 heteroatoms. The van der Waals surface area contributed by atoms with Crippen LogP contribution < -0.4 is 5.32 Å². The van der Waals surface area contributed by atoms with Gasteiger partial charge in [0.2, 0.25) is 0 Å². The minimum Gasteiger partial charge on any atom is -0.373 e. The van der Waals surface area contributed by atoms with E-state index in [0.717, 1.165) is 6.54 Å². The van der Waals surface area contributed by atoms with Gasteiger partial charge >= 0.3 is 0 Å². The monoisotopic (exact) mass is 261 g/mol. The summed E-state index contributed by atoms with van der Waals surface area (Å²) in [5, 5.41) is 3.47. The Morgan fingerprint density at radius 3 is 2.42 bits per heavy atom. The standard InChI is InChI=1S/C17H27NO/c1-5-6-11-19-13-16-7-9-17(10-8-16)15(4)12-18-14(2)3/h5-10,14-15,18H,11-13H2,1-4H3/b6-5+. The maximum Gasteiger partial charge on any atom is 0.0721 e. The van der Waals surface area contributed by atoms with Crippen molar-refractivity contribution in [2.45, 2.75) is 46.3 Å². The predicted molar refractivity (Wildman–Crippen MR) is 82.5 cm³/mol. The lowest BCUT2D eigenvalue weighted by atomic mass is 9.99. The molecule has 1 aromatic carbocycles. The lowest BCUT2D eigenvalue weighted by Crippen LogP contribution is -2.26. The molecule has 106 valence electrons. The van der Waals surface area contributed by atoms with Crippen LogP contribution in [-0.4, -0.2) is 19.2 Å². The maximum absolute atomic E-state index is 5.54. The van der Waals surface area contributed by atoms with E-state index in [2.05, 4.69) is 50.4 Å². The molecule has 2 nitrogen and oxygen atoms in total. The number of hydrogen-bond acceptors (Lipinski definition) is 2. The van der Waals surface area contributed by atoms with Gasteiger partial charge in [-0.1, -0.05) is 57.2 Å². The van der Waals surface area contributed by atoms with Crippen molar-refractivity contribution in [3.05, 3.63) is 47.5 Å². The van der Waals surface area contributed by atoms with E-state index < -0.39 is 0 Å². The summed E-state index contributed by atoms with van der Waals surface area (Å²) in [5.74, 6) is 0.542. The molecule has 0 saturated heterocycles. The molecule has 0 bridgehead atoms. The van der Waals surface area contributed by atoms with Gasteiger partial charge in [0.15, 0.2) is 0 Å². The highest BCUT2D eigenvalue weighted by atomic mass is 16.5. The van der Waals surface area contributed by atoms with Gasteiger partial charge in [-0.05, 0) is 24.0 Å². The van der Waals surface area contributed by atoms with Crippen LogP contribution in [-0.2, 0) is 11.3 Å². The van der Waals surface area contributed by atoms with Gasteiger partial charge in [-0.15, -0.1) is 0 Å². The number of benzene rings is 1. The van der Waals surface area contributed by atoms with Gasteiger partial charge in [0.25, 0.3) is 0 Å². The molecule has 0 heterocycles. The maximum atomic E-state index is 5.54. The lowest BCUT2D eigenvalue weighted by molar-refractivity contribution is 0.148. The highest BCUT2D eigenvalue weighted by molar-refractivity contribution is 5.25. The van der Waals surface area contributed by atoms with E-state index in [1.54, 1.807) is 0 Å². The molecule has 0 fully saturated rings. The molecule has 1 unspecified atom stereocenters. The molecule has 0 saturated carbocycles. The van der Waals surface area contributed by atoms with Crippen molar-refractivity contribution < 1.29 is 4.74 Å². The zero-order valence-electron chi connectivity index (χ0n) is 12.6. The first-order valence-electron chi connectivity index (χ1n) is 7.14. The first-order valence-corrected chi connectivity index (χ1v) is 7.14. The van der Waals surface area contributed by atoms with Gasteiger partial charge in [-0.25, -0.2) is 0 Å². The number of hydrogen-bond donors (Lipinski definition) is 1. The second kappa shape index (κ2) is 8.89. The van der Waals surface area contributed by atoms with Gasteiger partial charge in [0.1, 0.15) is 0 Å². The van der Waals surface area contributed by atoms with E-state index in [9.17, 15) is 0 Å². The Balaban J connectivity index is 2.42. The molecular weight excluding hydrogens is 234 g/mol. The Bertz CT molecular complexity index is 367. The van der Waals surface area contributed by atoms with Crippen molar-refractivity contribution in [2.75, 3.05) is 13.2 Å². The summed E-state index contributed by atoms with van der Waals surface area (Å²) in [5.41, 5.74) is 2.61. The average Bonchev–Trinajstić information content (AvgIpc) is 2.41. The SMILES string of the molecule is C/C=C/COCc1ccc(C(C)CNC(C)C)cc1. The molecule has 0 aromatic heterocycles. The average molecular weight is 261 g/mol. The Labute approximate surface area is 117 Å². The Hall–Kier alpha value is -1.12. The summed E-state index contributed by atoms with van der Waals surface area (Å²) in [7, 11) is 0. The van der Waals surface area contributed by atoms with Crippen LogP contribution in [0.4, 0.5) is 0 Å². The molecule has 0 aliphatic heterocycles. The second-order valence-corrected chi connectivity index (χ2v) is 5.29. The normalized spacial score (nSPS) is 13.3. The van der Waals surface area contributed by atoms with E-state index in [1.165, 1.54) is 11.1 Å². The van der Waals surface area contributed by atoms with Crippen molar-refractivity contribution in [2.24, 2.45) is 0 Å². The van der Waals surface area contributed by atoms with Crippen LogP contribution >= 0.6 is 0 Å². The van der Waals surface area contributed by atoms with Gasteiger partial charge in [-0.3, -0.25) is 0 Å². The lowest BCUT2D eigenvalue weighted by Gasteiger charge is -2.15. The number of ether oxygens (including phenoxy) is 1. The topological polar surface area (TPSA) is 21.3 Å². The van der Waals surface area contributed by atoms with Crippen LogP contribution in [0.2, 0.25) is 0 Å². The molecule has 1 rings (SSSR count). The van der Waals surface area contributed by atoms with Crippen LogP contribution in [0.3, 0.4) is 0 Å². The molecule has 0 amide bonds. The van der Waals surface area contributed by atoms with Crippen LogP contribution in [0, 0.1) is 0 Å². The summed E-state index contributed by atoms with van der Waals surface area (Å²) in [6.07, 6.45) is 4.03. The summed E-state index contributed by atoms with van der Waals surface area (Å²) >= 11 is 0. The first-order chi connectivity index (χ1) is 9.13. The van der Waals surface area contributed by atoms with Crippen molar-refractivity contribution >= 4 is 0 Å². The van der Waals surface area contributed by atoms with Crippen molar-refractivity contribution in [1.82, 2.24) is 5.32 Å². The zero-order chi connectivity index (χ0) is 14.1. The number of allylic oxidation sites excluding steroid dienone is 1. The predicted octanol–water partition coefficient (Wildman–Crippen LogP) is 3.88. The molecule has 0 aliphatic carbocycles. The largest absolute Gasteiger partial charge is 0.373 e. The van der Waals surface area contributed by atoms with Crippen LogP contribution in [0.15, 0.2) is 36.4 Å². The molecule has 0 radical (unpaired) electrons. The van der Waals surface area contributed by atoms with Crippen LogP contribution in [0.5, 0.6) is 0 Å². The Morgan fingerprint density at radius 1 is 1.16 bits per heavy atom. The molecule has 19 heavy (non-hydrogen) atoms. The third kappa shape index (κ3) is 6.55. The quantitative estimate of drug-likeness (QED) is 0.566. The molecule has 1 atom stereocenters. The van der Waals surface area contributed by atoms with Gasteiger partial charge in [0.05, 0.1) is 13.2 Å². The first kappa shape index (κ1) is 15.9. The molecule has 1 N–H and O–H groups in total. The highest BCUT2D eigenvalue weighted by Crippen LogP contribution is 2.15. The summed E-state index contributed by atoms with van der Waals surface area (Å²) in [6, 6.07) is 9.29. The van der Waals surface area contributed by atoms with Crippen LogP contribution in [0.1, 0.15) is 44.7 Å². The minimum absolute atomic E-state index is 0.542. The zero-order valence-corrected chi connectivity index (χ0v) is 12.6. The fraction of sp³-hybridized carbons (Fsp3) is 0.529. The van der Waals surface area contributed by atoms with Crippen LogP contribution in [0.25, 0.3) is 0 Å². The molecule has 1 aromatic rings. The number of rotatable bonds is 8. The summed E-state index contributed by atoms with van der Waals surface area (Å²) in [6.45, 7) is 11.0. The van der Waals surface area contributed by atoms with E-state index >= 15 is 0 Å². The fourth-order valence-electron chi connectivity index (χ4n) is 1.81. The number of nitrogens with one attached hydrogen (secondary N) is 1. The van der Waals surface area contributed by atoms with Gasteiger partial charge in [0, 0.05) is 12.6 Å². The van der Waals surface area contributed by atoms with E-state index in [0.29, 0.717) is 25.2 Å². The van der Waals surface area contributed by atoms with Crippen molar-refractivity contribution in [3.8, 4) is 0 Å². The highest BCUT2D eigenvalue weighted by Gasteiger charge is 2.05. The summed E-state index contributed by atoms with van der Waals surface area (Å²) in [4.78, 5) is 0. The van der Waals surface area contributed by atoms with Gasteiger partial charge in [-0.2, -0.15) is 0 Å². The second-order valence-electron chi connectivity index (χ2n) is 5.29. The minimum atomic E-state index is 0.542. The Kier molecular flexibility index (Phi) is 7.46. The van der Waals surface area contributed by atoms with Crippen molar-refractivity contribution in [3.63, 3.8) is 0 Å². The molecular formula is C17H27NO. The third-order valence-corrected chi connectivity index (χ3v) is 3.10. The molecule has 0 aliphatic rings.